The fourth-order valence-electron chi connectivity index (χ4n) is 3.79. The molecule has 34 heavy (non-hydrogen) atoms. The van der Waals surface area contributed by atoms with Crippen LogP contribution in [0.15, 0.2) is 54.6 Å². The molecular formula is C25H22F2N4O3. The van der Waals surface area contributed by atoms with Gasteiger partial charge < -0.3 is 19.7 Å². The number of carbonyl (C=O) groups is 1. The van der Waals surface area contributed by atoms with E-state index in [9.17, 15) is 18.8 Å². The highest BCUT2D eigenvalue weighted by Crippen LogP contribution is 2.31. The molecule has 0 bridgehead atoms. The van der Waals surface area contributed by atoms with Crippen molar-refractivity contribution in [1.82, 2.24) is 4.98 Å². The van der Waals surface area contributed by atoms with Crippen molar-refractivity contribution in [2.45, 2.75) is 18.9 Å². The summed E-state index contributed by atoms with van der Waals surface area (Å²) in [5.41, 5.74) is 1.82. The third-order valence-corrected chi connectivity index (χ3v) is 5.51. The molecule has 2 aromatic carbocycles. The first-order valence-electron chi connectivity index (χ1n) is 10.7. The number of nitrogens with one attached hydrogen (secondary N) is 1. The Morgan fingerprint density at radius 3 is 2.65 bits per heavy atom. The van der Waals surface area contributed by atoms with Gasteiger partial charge in [0.2, 0.25) is 5.88 Å². The van der Waals surface area contributed by atoms with Crippen LogP contribution in [-0.2, 0) is 0 Å². The van der Waals surface area contributed by atoms with Gasteiger partial charge >= 0.3 is 0 Å². The number of methoxy groups -OCH3 is 1. The molecule has 4 rings (SSSR count). The van der Waals surface area contributed by atoms with Crippen molar-refractivity contribution in [2.75, 3.05) is 30.4 Å². The smallest absolute Gasteiger partial charge is 0.274 e. The van der Waals surface area contributed by atoms with Gasteiger partial charge in [-0.25, -0.2) is 13.8 Å². The Labute approximate surface area is 195 Å². The molecule has 9 heteroatoms. The van der Waals surface area contributed by atoms with Gasteiger partial charge in [-0.05, 0) is 36.4 Å². The summed E-state index contributed by atoms with van der Waals surface area (Å²) in [6, 6.07) is 15.3. The molecule has 174 valence electrons. The summed E-state index contributed by atoms with van der Waals surface area (Å²) >= 11 is 0. The number of pyridine rings is 1. The topological polar surface area (TPSA) is 87.5 Å². The average molecular weight is 464 g/mol. The Bertz CT molecular complexity index is 1240. The molecule has 1 amide bonds. The van der Waals surface area contributed by atoms with E-state index >= 15 is 0 Å². The molecule has 7 nitrogen and oxygen atoms in total. The van der Waals surface area contributed by atoms with Gasteiger partial charge in [0, 0.05) is 38.1 Å². The second-order valence-corrected chi connectivity index (χ2v) is 7.74. The van der Waals surface area contributed by atoms with Crippen LogP contribution in [0, 0.1) is 23.0 Å². The number of anilines is 2. The first-order chi connectivity index (χ1) is 16.5. The molecule has 1 saturated heterocycles. The van der Waals surface area contributed by atoms with E-state index in [2.05, 4.69) is 21.3 Å². The Morgan fingerprint density at radius 2 is 1.94 bits per heavy atom. The van der Waals surface area contributed by atoms with Crippen molar-refractivity contribution in [2.24, 2.45) is 0 Å². The van der Waals surface area contributed by atoms with Crippen molar-refractivity contribution >= 4 is 17.3 Å². The maximum atomic E-state index is 13.9. The fraction of sp³-hybridized carbons (Fsp3) is 0.240. The van der Waals surface area contributed by atoms with Gasteiger partial charge in [0.05, 0.1) is 30.1 Å². The van der Waals surface area contributed by atoms with E-state index in [-0.39, 0.29) is 17.5 Å². The molecule has 3 aromatic rings. The predicted molar refractivity (Wildman–Crippen MR) is 122 cm³/mol. The maximum Gasteiger partial charge on any atom is 0.274 e. The van der Waals surface area contributed by atoms with E-state index in [1.807, 2.05) is 0 Å². The highest BCUT2D eigenvalue weighted by atomic mass is 19.1. The van der Waals surface area contributed by atoms with Crippen LogP contribution in [0.1, 0.15) is 28.9 Å². The summed E-state index contributed by atoms with van der Waals surface area (Å²) in [4.78, 5) is 19.0. The van der Waals surface area contributed by atoms with Gasteiger partial charge in [0.15, 0.2) is 11.6 Å². The van der Waals surface area contributed by atoms with Gasteiger partial charge in [-0.2, -0.15) is 5.26 Å². The molecule has 0 atom stereocenters. The van der Waals surface area contributed by atoms with Gasteiger partial charge in [-0.1, -0.05) is 6.07 Å². The second-order valence-electron chi connectivity index (χ2n) is 7.74. The summed E-state index contributed by atoms with van der Waals surface area (Å²) in [7, 11) is 1.47. The molecule has 0 unspecified atom stereocenters. The summed E-state index contributed by atoms with van der Waals surface area (Å²) in [6.45, 7) is 1.17. The maximum absolute atomic E-state index is 13.9. The van der Waals surface area contributed by atoms with E-state index in [1.165, 1.54) is 13.2 Å². The summed E-state index contributed by atoms with van der Waals surface area (Å²) in [5.74, 6) is -1.47. The average Bonchev–Trinajstić information content (AvgIpc) is 2.86. The van der Waals surface area contributed by atoms with E-state index in [4.69, 9.17) is 9.47 Å². The van der Waals surface area contributed by atoms with Crippen molar-refractivity contribution < 1.29 is 23.0 Å². The molecule has 1 aromatic heterocycles. The summed E-state index contributed by atoms with van der Waals surface area (Å²) in [6.07, 6.45) is 0.970. The molecule has 1 aliphatic rings. The molecule has 0 radical (unpaired) electrons. The minimum atomic E-state index is -0.731. The first-order valence-corrected chi connectivity index (χ1v) is 10.7. The number of halogens is 2. The number of ether oxygens (including phenoxy) is 2. The fourth-order valence-corrected chi connectivity index (χ4v) is 3.79. The Kier molecular flexibility index (Phi) is 6.87. The highest BCUT2D eigenvalue weighted by molar-refractivity contribution is 6.05. The van der Waals surface area contributed by atoms with Crippen molar-refractivity contribution in [3.05, 3.63) is 77.5 Å². The van der Waals surface area contributed by atoms with Crippen molar-refractivity contribution in [3.63, 3.8) is 0 Å². The first kappa shape index (κ1) is 23.0. The monoisotopic (exact) mass is 464 g/mol. The van der Waals surface area contributed by atoms with Crippen molar-refractivity contribution in [3.8, 4) is 17.7 Å². The van der Waals surface area contributed by atoms with E-state index in [0.29, 0.717) is 43.1 Å². The number of piperidine rings is 1. The number of aromatic nitrogens is 1. The molecule has 0 aliphatic carbocycles. The molecule has 1 aliphatic heterocycles. The van der Waals surface area contributed by atoms with Gasteiger partial charge in [-0.15, -0.1) is 0 Å². The van der Waals surface area contributed by atoms with Crippen molar-refractivity contribution in [1.29, 1.82) is 5.26 Å². The van der Waals surface area contributed by atoms with Crippen LogP contribution in [0.2, 0.25) is 0 Å². The number of rotatable bonds is 6. The Hall–Kier alpha value is -4.19. The quantitative estimate of drug-likeness (QED) is 0.576. The Morgan fingerprint density at radius 1 is 1.15 bits per heavy atom. The van der Waals surface area contributed by atoms with Crippen LogP contribution in [0.3, 0.4) is 0 Å². The van der Waals surface area contributed by atoms with E-state index in [0.717, 1.165) is 17.8 Å². The van der Waals surface area contributed by atoms with Crippen LogP contribution < -0.4 is 19.7 Å². The predicted octanol–water partition coefficient (Wildman–Crippen LogP) is 4.54. The van der Waals surface area contributed by atoms with E-state index < -0.39 is 17.5 Å². The normalized spacial score (nSPS) is 13.8. The summed E-state index contributed by atoms with van der Waals surface area (Å²) < 4.78 is 37.9. The lowest BCUT2D eigenvalue weighted by Crippen LogP contribution is -2.38. The number of hydrogen-bond donors (Lipinski definition) is 1. The number of nitrogens with zero attached hydrogens (tertiary/aromatic N) is 3. The molecule has 2 heterocycles. The number of hydrogen-bond acceptors (Lipinski definition) is 6. The van der Waals surface area contributed by atoms with Crippen LogP contribution in [0.5, 0.6) is 11.6 Å². The molecule has 0 saturated carbocycles. The number of nitriles is 1. The summed E-state index contributed by atoms with van der Waals surface area (Å²) in [5, 5.41) is 12.2. The number of amides is 1. The number of benzene rings is 2. The largest absolute Gasteiger partial charge is 0.487 e. The zero-order chi connectivity index (χ0) is 24.1. The second kappa shape index (κ2) is 10.2. The molecule has 1 N–H and O–H groups in total. The lowest BCUT2D eigenvalue weighted by Gasteiger charge is -2.34. The minimum Gasteiger partial charge on any atom is -0.487 e. The molecular weight excluding hydrogens is 442 g/mol. The zero-order valence-corrected chi connectivity index (χ0v) is 18.4. The van der Waals surface area contributed by atoms with Gasteiger partial charge in [0.1, 0.15) is 17.6 Å². The van der Waals surface area contributed by atoms with Crippen LogP contribution in [-0.4, -0.2) is 37.2 Å². The van der Waals surface area contributed by atoms with Crippen LogP contribution >= 0.6 is 0 Å². The number of carbonyl (C=O) groups excluding carboxylic acids is 1. The third kappa shape index (κ3) is 5.23. The lowest BCUT2D eigenvalue weighted by molar-refractivity contribution is 0.102. The van der Waals surface area contributed by atoms with Gasteiger partial charge in [0.25, 0.3) is 5.91 Å². The molecule has 1 fully saturated rings. The van der Waals surface area contributed by atoms with Gasteiger partial charge in [-0.3, -0.25) is 4.79 Å². The third-order valence-electron chi connectivity index (χ3n) is 5.51. The van der Waals surface area contributed by atoms with E-state index in [1.54, 1.807) is 36.4 Å². The van der Waals surface area contributed by atoms with Crippen LogP contribution in [0.25, 0.3) is 0 Å². The highest BCUT2D eigenvalue weighted by Gasteiger charge is 2.24. The molecule has 0 spiro atoms. The zero-order valence-electron chi connectivity index (χ0n) is 18.4. The lowest BCUT2D eigenvalue weighted by atomic mass is 10.1. The van der Waals surface area contributed by atoms with Crippen LogP contribution in [0.4, 0.5) is 20.2 Å². The Balaban J connectivity index is 1.48. The standard InChI is InChI=1S/C25H22F2N4O3/c1-33-24-4-2-3-20(29-24)25(32)30-21-13-16(15-28)5-7-22(21)31-11-9-18(10-12-31)34-23-8-6-17(26)14-19(23)27/h2-8,13-14,18H,9-12H2,1H3,(H,30,32). The SMILES string of the molecule is COc1cccc(C(=O)Nc2cc(C#N)ccc2N2CCC(Oc3ccc(F)cc3F)CC2)n1. The minimum absolute atomic E-state index is 0.0250.